The van der Waals surface area contributed by atoms with Crippen LogP contribution >= 0.6 is 0 Å². The van der Waals surface area contributed by atoms with Crippen LogP contribution in [0, 0.1) is 13.8 Å². The molecule has 0 saturated heterocycles. The van der Waals surface area contributed by atoms with Gasteiger partial charge >= 0.3 is 0 Å². The van der Waals surface area contributed by atoms with Gasteiger partial charge in [-0.15, -0.1) is 0 Å². The molecule has 0 aliphatic heterocycles. The quantitative estimate of drug-likeness (QED) is 0.874. The monoisotopic (exact) mass is 231 g/mol. The van der Waals surface area contributed by atoms with E-state index in [-0.39, 0.29) is 0 Å². The lowest BCUT2D eigenvalue weighted by molar-refractivity contribution is 0.774. The molecule has 2 N–H and O–H groups in total. The fourth-order valence-corrected chi connectivity index (χ4v) is 1.66. The van der Waals surface area contributed by atoms with Gasteiger partial charge in [0.2, 0.25) is 0 Å². The van der Waals surface area contributed by atoms with Crippen LogP contribution in [0.4, 0.5) is 5.82 Å². The van der Waals surface area contributed by atoms with Gasteiger partial charge in [0.15, 0.2) is 5.82 Å². The number of hydrogen-bond donors (Lipinski definition) is 1. The Morgan fingerprint density at radius 3 is 2.65 bits per heavy atom. The minimum atomic E-state index is 0.534. The van der Waals surface area contributed by atoms with Gasteiger partial charge in [0.05, 0.1) is 5.69 Å². The van der Waals surface area contributed by atoms with Crippen LogP contribution in [-0.2, 0) is 6.42 Å². The summed E-state index contributed by atoms with van der Waals surface area (Å²) in [5, 5.41) is 4.35. The summed E-state index contributed by atoms with van der Waals surface area (Å²) in [6, 6.07) is 1.94. The second-order valence-electron chi connectivity index (χ2n) is 4.13. The molecule has 0 aliphatic carbocycles. The lowest BCUT2D eigenvalue weighted by atomic mass is 10.2. The Hall–Kier alpha value is -1.91. The molecule has 90 valence electrons. The molecule has 0 aromatic carbocycles. The van der Waals surface area contributed by atoms with Crippen molar-refractivity contribution in [1.29, 1.82) is 0 Å². The number of nitrogens with two attached hydrogens (primary N) is 1. The first-order chi connectivity index (χ1) is 8.11. The van der Waals surface area contributed by atoms with Crippen LogP contribution in [0.15, 0.2) is 12.3 Å². The summed E-state index contributed by atoms with van der Waals surface area (Å²) in [6.45, 7) is 5.96. The third kappa shape index (κ3) is 2.27. The maximum absolute atomic E-state index is 5.90. The second-order valence-corrected chi connectivity index (χ2v) is 4.13. The highest BCUT2D eigenvalue weighted by atomic mass is 15.3. The predicted octanol–water partition coefficient (Wildman–Crippen LogP) is 1.81. The molecular weight excluding hydrogens is 214 g/mol. The average molecular weight is 231 g/mol. The van der Waals surface area contributed by atoms with Crippen molar-refractivity contribution in [1.82, 2.24) is 19.7 Å². The SMILES string of the molecule is CCCc1nc(N)c(C)c(-n2ccc(C)n2)n1. The highest BCUT2D eigenvalue weighted by Crippen LogP contribution is 2.16. The Bertz CT molecular complexity index is 530. The van der Waals surface area contributed by atoms with Gasteiger partial charge in [-0.05, 0) is 26.3 Å². The molecule has 0 aliphatic rings. The van der Waals surface area contributed by atoms with E-state index in [0.29, 0.717) is 5.82 Å². The van der Waals surface area contributed by atoms with Crippen LogP contribution in [-0.4, -0.2) is 19.7 Å². The standard InChI is InChI=1S/C12H17N5/c1-4-5-10-14-11(13)9(3)12(15-10)17-7-6-8(2)16-17/h6-7H,4-5H2,1-3H3,(H2,13,14,15). The predicted molar refractivity (Wildman–Crippen MR) is 67.0 cm³/mol. The van der Waals surface area contributed by atoms with Crippen LogP contribution in [0.5, 0.6) is 0 Å². The maximum atomic E-state index is 5.90. The molecule has 2 aromatic rings. The number of nitrogens with zero attached hydrogens (tertiary/aromatic N) is 4. The second kappa shape index (κ2) is 4.53. The molecule has 0 radical (unpaired) electrons. The van der Waals surface area contributed by atoms with E-state index < -0.39 is 0 Å². The van der Waals surface area contributed by atoms with Crippen molar-refractivity contribution in [2.24, 2.45) is 0 Å². The Morgan fingerprint density at radius 1 is 1.29 bits per heavy atom. The van der Waals surface area contributed by atoms with Crippen molar-refractivity contribution < 1.29 is 0 Å². The van der Waals surface area contributed by atoms with Crippen LogP contribution in [0.1, 0.15) is 30.4 Å². The number of nitrogen functional groups attached to an aromatic ring is 1. The first-order valence-corrected chi connectivity index (χ1v) is 5.77. The summed E-state index contributed by atoms with van der Waals surface area (Å²) in [5.74, 6) is 2.08. The smallest absolute Gasteiger partial charge is 0.162 e. The Labute approximate surface area is 101 Å². The third-order valence-electron chi connectivity index (χ3n) is 2.62. The normalized spacial score (nSPS) is 10.8. The molecule has 5 heteroatoms. The summed E-state index contributed by atoms with van der Waals surface area (Å²) < 4.78 is 1.75. The fraction of sp³-hybridized carbons (Fsp3) is 0.417. The van der Waals surface area contributed by atoms with E-state index in [4.69, 9.17) is 5.73 Å². The minimum Gasteiger partial charge on any atom is -0.383 e. The van der Waals surface area contributed by atoms with Gasteiger partial charge in [0, 0.05) is 18.2 Å². The van der Waals surface area contributed by atoms with Crippen LogP contribution in [0.2, 0.25) is 0 Å². The van der Waals surface area contributed by atoms with Gasteiger partial charge in [0.25, 0.3) is 0 Å². The van der Waals surface area contributed by atoms with Crippen molar-refractivity contribution in [3.63, 3.8) is 0 Å². The van der Waals surface area contributed by atoms with Crippen molar-refractivity contribution >= 4 is 5.82 Å². The summed E-state index contributed by atoms with van der Waals surface area (Å²) in [4.78, 5) is 8.80. The van der Waals surface area contributed by atoms with E-state index in [9.17, 15) is 0 Å². The van der Waals surface area contributed by atoms with Gasteiger partial charge in [-0.1, -0.05) is 6.92 Å². The maximum Gasteiger partial charge on any atom is 0.162 e. The number of rotatable bonds is 3. The molecule has 17 heavy (non-hydrogen) atoms. The van der Waals surface area contributed by atoms with Crippen LogP contribution in [0.3, 0.4) is 0 Å². The van der Waals surface area contributed by atoms with E-state index in [0.717, 1.165) is 35.7 Å². The third-order valence-corrected chi connectivity index (χ3v) is 2.62. The minimum absolute atomic E-state index is 0.534. The van der Waals surface area contributed by atoms with Gasteiger partial charge in [-0.25, -0.2) is 14.6 Å². The zero-order valence-corrected chi connectivity index (χ0v) is 10.4. The molecule has 2 aromatic heterocycles. The van der Waals surface area contributed by atoms with Gasteiger partial charge in [0.1, 0.15) is 11.6 Å². The fourth-order valence-electron chi connectivity index (χ4n) is 1.66. The molecular formula is C12H17N5. The van der Waals surface area contributed by atoms with E-state index in [1.807, 2.05) is 26.1 Å². The van der Waals surface area contributed by atoms with Crippen LogP contribution in [0.25, 0.3) is 5.82 Å². The number of aromatic nitrogens is 4. The molecule has 2 heterocycles. The van der Waals surface area contributed by atoms with Gasteiger partial charge in [-0.3, -0.25) is 0 Å². The van der Waals surface area contributed by atoms with E-state index in [1.54, 1.807) is 4.68 Å². The van der Waals surface area contributed by atoms with Gasteiger partial charge in [-0.2, -0.15) is 5.10 Å². The Morgan fingerprint density at radius 2 is 2.06 bits per heavy atom. The Balaban J connectivity index is 2.52. The van der Waals surface area contributed by atoms with E-state index in [2.05, 4.69) is 22.0 Å². The molecule has 5 nitrogen and oxygen atoms in total. The van der Waals surface area contributed by atoms with Crippen molar-refractivity contribution in [3.05, 3.63) is 29.3 Å². The largest absolute Gasteiger partial charge is 0.383 e. The molecule has 0 bridgehead atoms. The highest BCUT2D eigenvalue weighted by Gasteiger charge is 2.10. The van der Waals surface area contributed by atoms with Crippen molar-refractivity contribution in [2.75, 3.05) is 5.73 Å². The lowest BCUT2D eigenvalue weighted by Crippen LogP contribution is -2.09. The number of anilines is 1. The molecule has 0 fully saturated rings. The van der Waals surface area contributed by atoms with Crippen molar-refractivity contribution in [2.45, 2.75) is 33.6 Å². The molecule has 0 spiro atoms. The summed E-state index contributed by atoms with van der Waals surface area (Å²) >= 11 is 0. The topological polar surface area (TPSA) is 69.6 Å². The van der Waals surface area contributed by atoms with Crippen molar-refractivity contribution in [3.8, 4) is 5.82 Å². The van der Waals surface area contributed by atoms with Crippen LogP contribution < -0.4 is 5.73 Å². The Kier molecular flexibility index (Phi) is 3.08. The summed E-state index contributed by atoms with van der Waals surface area (Å²) in [7, 11) is 0. The zero-order valence-electron chi connectivity index (χ0n) is 10.4. The molecule has 0 amide bonds. The average Bonchev–Trinajstić information content (AvgIpc) is 2.70. The first kappa shape index (κ1) is 11.6. The molecule has 0 atom stereocenters. The van der Waals surface area contributed by atoms with Gasteiger partial charge < -0.3 is 5.73 Å². The first-order valence-electron chi connectivity index (χ1n) is 5.77. The zero-order chi connectivity index (χ0) is 12.4. The number of aryl methyl sites for hydroxylation is 2. The summed E-state index contributed by atoms with van der Waals surface area (Å²) in [6.07, 6.45) is 3.72. The number of hydrogen-bond acceptors (Lipinski definition) is 4. The highest BCUT2D eigenvalue weighted by molar-refractivity contribution is 5.48. The molecule has 0 saturated carbocycles. The summed E-state index contributed by atoms with van der Waals surface area (Å²) in [5.41, 5.74) is 7.73. The molecule has 2 rings (SSSR count). The lowest BCUT2D eigenvalue weighted by Gasteiger charge is -2.09. The molecule has 0 unspecified atom stereocenters. The van der Waals surface area contributed by atoms with E-state index >= 15 is 0 Å². The van der Waals surface area contributed by atoms with E-state index in [1.165, 1.54) is 0 Å².